The maximum atomic E-state index is 14.3. The van der Waals surface area contributed by atoms with Gasteiger partial charge in [-0.25, -0.2) is 9.37 Å². The lowest BCUT2D eigenvalue weighted by Gasteiger charge is -2.24. The van der Waals surface area contributed by atoms with E-state index in [2.05, 4.69) is 4.98 Å². The van der Waals surface area contributed by atoms with Gasteiger partial charge in [0, 0.05) is 23.3 Å². The Hall–Kier alpha value is -3.05. The van der Waals surface area contributed by atoms with Crippen molar-refractivity contribution in [2.45, 2.75) is 13.8 Å². The van der Waals surface area contributed by atoms with E-state index >= 15 is 0 Å². The zero-order valence-electron chi connectivity index (χ0n) is 15.1. The Morgan fingerprint density at radius 1 is 0.926 bits per heavy atom. The number of pyridine rings is 1. The largest absolute Gasteiger partial charge is 0.286 e. The van der Waals surface area contributed by atoms with Crippen molar-refractivity contribution >= 4 is 27.8 Å². The molecule has 27 heavy (non-hydrogen) atoms. The third-order valence-corrected chi connectivity index (χ3v) is 5.26. The fraction of sp³-hybridized carbons (Fsp3) is 0.0909. The molecular weight excluding hydrogens is 357 g/mol. The molecule has 2 aromatic carbocycles. The van der Waals surface area contributed by atoms with Crippen molar-refractivity contribution in [3.63, 3.8) is 0 Å². The van der Waals surface area contributed by atoms with Crippen LogP contribution >= 0.6 is 11.3 Å². The number of anilines is 3. The molecule has 2 aromatic heterocycles. The van der Waals surface area contributed by atoms with Gasteiger partial charge in [0.15, 0.2) is 5.13 Å². The van der Waals surface area contributed by atoms with Crippen LogP contribution in [0.3, 0.4) is 0 Å². The van der Waals surface area contributed by atoms with Crippen molar-refractivity contribution in [2.24, 2.45) is 0 Å². The Morgan fingerprint density at radius 2 is 1.70 bits per heavy atom. The van der Waals surface area contributed by atoms with Crippen LogP contribution in [0.4, 0.5) is 20.9 Å². The maximum Gasteiger partial charge on any atom is 0.195 e. The van der Waals surface area contributed by atoms with E-state index in [0.29, 0.717) is 5.56 Å². The average Bonchev–Trinajstić information content (AvgIpc) is 3.17. The van der Waals surface area contributed by atoms with Crippen molar-refractivity contribution < 1.29 is 4.39 Å². The molecule has 0 saturated carbocycles. The van der Waals surface area contributed by atoms with E-state index in [9.17, 15) is 4.39 Å². The van der Waals surface area contributed by atoms with Crippen molar-refractivity contribution in [3.05, 3.63) is 89.3 Å². The van der Waals surface area contributed by atoms with E-state index in [1.54, 1.807) is 31.5 Å². The minimum Gasteiger partial charge on any atom is -0.286 e. The van der Waals surface area contributed by atoms with Crippen LogP contribution in [0.25, 0.3) is 11.3 Å². The summed E-state index contributed by atoms with van der Waals surface area (Å²) in [7, 11) is 0. The SMILES string of the molecule is Cc1ccc(N(c2nc(-c3ccncc3)cs2)c2ccccc2C)cc1F. The lowest BCUT2D eigenvalue weighted by Crippen LogP contribution is -2.11. The van der Waals surface area contributed by atoms with Gasteiger partial charge in [-0.2, -0.15) is 0 Å². The van der Waals surface area contributed by atoms with Gasteiger partial charge in [-0.1, -0.05) is 24.3 Å². The number of aromatic nitrogens is 2. The van der Waals surface area contributed by atoms with E-state index in [1.165, 1.54) is 11.3 Å². The number of thiazole rings is 1. The molecular formula is C22H18FN3S. The van der Waals surface area contributed by atoms with Crippen LogP contribution in [-0.2, 0) is 0 Å². The first-order valence-electron chi connectivity index (χ1n) is 8.61. The lowest BCUT2D eigenvalue weighted by atomic mass is 10.1. The molecule has 0 fully saturated rings. The molecule has 0 atom stereocenters. The van der Waals surface area contributed by atoms with E-state index in [4.69, 9.17) is 4.98 Å². The molecule has 0 aliphatic carbocycles. The molecule has 0 unspecified atom stereocenters. The number of nitrogens with zero attached hydrogens (tertiary/aromatic N) is 3. The van der Waals surface area contributed by atoms with Gasteiger partial charge in [-0.15, -0.1) is 11.3 Å². The van der Waals surface area contributed by atoms with E-state index in [1.807, 2.05) is 59.7 Å². The third-order valence-electron chi connectivity index (χ3n) is 4.43. The number of halogens is 1. The summed E-state index contributed by atoms with van der Waals surface area (Å²) in [5.41, 5.74) is 5.34. The van der Waals surface area contributed by atoms with Crippen molar-refractivity contribution in [2.75, 3.05) is 4.90 Å². The molecule has 134 valence electrons. The summed E-state index contributed by atoms with van der Waals surface area (Å²) in [4.78, 5) is 10.9. The zero-order valence-corrected chi connectivity index (χ0v) is 15.9. The monoisotopic (exact) mass is 375 g/mol. The molecule has 0 radical (unpaired) electrons. The van der Waals surface area contributed by atoms with Crippen LogP contribution < -0.4 is 4.90 Å². The molecule has 4 aromatic rings. The quantitative estimate of drug-likeness (QED) is 0.411. The first kappa shape index (κ1) is 17.4. The number of benzene rings is 2. The van der Waals surface area contributed by atoms with Gasteiger partial charge in [0.25, 0.3) is 0 Å². The van der Waals surface area contributed by atoms with Gasteiger partial charge in [0.1, 0.15) is 5.82 Å². The normalized spacial score (nSPS) is 10.8. The van der Waals surface area contributed by atoms with Gasteiger partial charge in [0.05, 0.1) is 17.1 Å². The second kappa shape index (κ2) is 7.29. The Labute approximate surface area is 161 Å². The van der Waals surface area contributed by atoms with Crippen LogP contribution in [0.5, 0.6) is 0 Å². The molecule has 0 saturated heterocycles. The highest BCUT2D eigenvalue weighted by Crippen LogP contribution is 2.39. The van der Waals surface area contributed by atoms with E-state index < -0.39 is 0 Å². The maximum absolute atomic E-state index is 14.3. The lowest BCUT2D eigenvalue weighted by molar-refractivity contribution is 0.619. The van der Waals surface area contributed by atoms with Crippen LogP contribution in [0.1, 0.15) is 11.1 Å². The Kier molecular flexibility index (Phi) is 4.69. The summed E-state index contributed by atoms with van der Waals surface area (Å²) in [6.45, 7) is 3.81. The molecule has 0 aliphatic rings. The third kappa shape index (κ3) is 3.46. The predicted octanol–water partition coefficient (Wildman–Crippen LogP) is 6.43. The molecule has 0 bridgehead atoms. The molecule has 3 nitrogen and oxygen atoms in total. The van der Waals surface area contributed by atoms with Crippen molar-refractivity contribution in [3.8, 4) is 11.3 Å². The highest BCUT2D eigenvalue weighted by Gasteiger charge is 2.19. The van der Waals surface area contributed by atoms with Gasteiger partial charge in [-0.05, 0) is 55.3 Å². The summed E-state index contributed by atoms with van der Waals surface area (Å²) in [6.07, 6.45) is 3.51. The van der Waals surface area contributed by atoms with Gasteiger partial charge in [0.2, 0.25) is 0 Å². The van der Waals surface area contributed by atoms with Crippen LogP contribution in [0.2, 0.25) is 0 Å². The summed E-state index contributed by atoms with van der Waals surface area (Å²) < 4.78 is 14.3. The predicted molar refractivity (Wildman–Crippen MR) is 109 cm³/mol. The molecule has 4 rings (SSSR count). The van der Waals surface area contributed by atoms with Crippen LogP contribution in [0, 0.1) is 19.7 Å². The molecule has 2 heterocycles. The van der Waals surface area contributed by atoms with Gasteiger partial charge < -0.3 is 0 Å². The highest BCUT2D eigenvalue weighted by molar-refractivity contribution is 7.14. The van der Waals surface area contributed by atoms with Crippen LogP contribution in [0.15, 0.2) is 72.4 Å². The van der Waals surface area contributed by atoms with Gasteiger partial charge in [-0.3, -0.25) is 9.88 Å². The standard InChI is InChI=1S/C22H18FN3S/c1-15-7-8-18(13-19(15)23)26(21-6-4-3-5-16(21)2)22-25-20(14-27-22)17-9-11-24-12-10-17/h3-14H,1-2H3. The number of hydrogen-bond acceptors (Lipinski definition) is 4. The minimum absolute atomic E-state index is 0.225. The Balaban J connectivity index is 1.85. The first-order chi connectivity index (χ1) is 13.1. The fourth-order valence-electron chi connectivity index (χ4n) is 2.91. The smallest absolute Gasteiger partial charge is 0.195 e. The molecule has 5 heteroatoms. The van der Waals surface area contributed by atoms with Gasteiger partial charge >= 0.3 is 0 Å². The Morgan fingerprint density at radius 3 is 2.44 bits per heavy atom. The summed E-state index contributed by atoms with van der Waals surface area (Å²) in [5, 5.41) is 2.81. The summed E-state index contributed by atoms with van der Waals surface area (Å²) in [5.74, 6) is -0.225. The van der Waals surface area contributed by atoms with Crippen molar-refractivity contribution in [1.29, 1.82) is 0 Å². The second-order valence-electron chi connectivity index (χ2n) is 6.31. The van der Waals surface area contributed by atoms with Crippen molar-refractivity contribution in [1.82, 2.24) is 9.97 Å². The number of para-hydroxylation sites is 1. The Bertz CT molecular complexity index is 1080. The number of aryl methyl sites for hydroxylation is 2. The minimum atomic E-state index is -0.225. The summed E-state index contributed by atoms with van der Waals surface area (Å²) in [6, 6.07) is 17.2. The molecule has 0 spiro atoms. The highest BCUT2D eigenvalue weighted by atomic mass is 32.1. The molecule has 0 N–H and O–H groups in total. The van der Waals surface area contributed by atoms with E-state index in [0.717, 1.165) is 33.3 Å². The van der Waals surface area contributed by atoms with E-state index in [-0.39, 0.29) is 5.82 Å². The first-order valence-corrected chi connectivity index (χ1v) is 9.49. The topological polar surface area (TPSA) is 29.0 Å². The average molecular weight is 375 g/mol. The van der Waals surface area contributed by atoms with Crippen LogP contribution in [-0.4, -0.2) is 9.97 Å². The fourth-order valence-corrected chi connectivity index (χ4v) is 3.78. The second-order valence-corrected chi connectivity index (χ2v) is 7.14. The summed E-state index contributed by atoms with van der Waals surface area (Å²) >= 11 is 1.53. The molecule has 0 aliphatic heterocycles. The number of hydrogen-bond donors (Lipinski definition) is 0. The zero-order chi connectivity index (χ0) is 18.8. The molecule has 0 amide bonds. The number of rotatable bonds is 4.